The van der Waals surface area contributed by atoms with Crippen LogP contribution in [-0.2, 0) is 0 Å². The van der Waals surface area contributed by atoms with Gasteiger partial charge in [0.15, 0.2) is 5.82 Å². The van der Waals surface area contributed by atoms with Gasteiger partial charge >= 0.3 is 0 Å². The number of para-hydroxylation sites is 1. The highest BCUT2D eigenvalue weighted by molar-refractivity contribution is 6.25. The zero-order valence-corrected chi connectivity index (χ0v) is 28.2. The Morgan fingerprint density at radius 3 is 1.44 bits per heavy atom. The van der Waals surface area contributed by atoms with Crippen LogP contribution in [-0.4, -0.2) is 15.0 Å². The first-order valence-corrected chi connectivity index (χ1v) is 17.6. The van der Waals surface area contributed by atoms with Gasteiger partial charge in [-0.2, -0.15) is 0 Å². The lowest BCUT2D eigenvalue weighted by Crippen LogP contribution is -1.97. The molecule has 0 aliphatic rings. The number of hydrogen-bond acceptors (Lipinski definition) is 3. The number of aromatic nitrogens is 3. The van der Waals surface area contributed by atoms with E-state index in [1.165, 1.54) is 43.4 Å². The van der Waals surface area contributed by atoms with Crippen molar-refractivity contribution in [3.8, 4) is 56.2 Å². The average molecular weight is 662 g/mol. The van der Waals surface area contributed by atoms with Gasteiger partial charge in [-0.15, -0.1) is 0 Å². The van der Waals surface area contributed by atoms with E-state index in [9.17, 15) is 0 Å². The van der Waals surface area contributed by atoms with Gasteiger partial charge in [0.05, 0.1) is 11.2 Å². The molecule has 0 aliphatic heterocycles. The molecule has 52 heavy (non-hydrogen) atoms. The van der Waals surface area contributed by atoms with E-state index < -0.39 is 0 Å². The zero-order valence-electron chi connectivity index (χ0n) is 28.2. The number of fused-ring (bicyclic) bond motifs is 7. The molecule has 0 atom stereocenters. The van der Waals surface area contributed by atoms with E-state index in [-0.39, 0.29) is 0 Å². The predicted molar refractivity (Wildman–Crippen MR) is 217 cm³/mol. The Bertz CT molecular complexity index is 2910. The Balaban J connectivity index is 1.04. The fourth-order valence-corrected chi connectivity index (χ4v) is 7.54. The van der Waals surface area contributed by atoms with Crippen molar-refractivity contribution in [2.45, 2.75) is 0 Å². The highest BCUT2D eigenvalue weighted by atomic mass is 14.9. The van der Waals surface area contributed by atoms with Crippen LogP contribution in [0.5, 0.6) is 0 Å². The molecule has 242 valence electrons. The van der Waals surface area contributed by atoms with E-state index in [0.717, 1.165) is 50.1 Å². The van der Waals surface area contributed by atoms with Gasteiger partial charge in [-0.25, -0.2) is 9.97 Å². The van der Waals surface area contributed by atoms with Gasteiger partial charge in [-0.3, -0.25) is 4.98 Å². The minimum atomic E-state index is 0.675. The van der Waals surface area contributed by atoms with E-state index in [2.05, 4.69) is 146 Å². The highest BCUT2D eigenvalue weighted by Gasteiger charge is 2.14. The topological polar surface area (TPSA) is 38.7 Å². The lowest BCUT2D eigenvalue weighted by atomic mass is 9.91. The lowest BCUT2D eigenvalue weighted by Gasteiger charge is -2.13. The smallest absolute Gasteiger partial charge is 0.160 e. The van der Waals surface area contributed by atoms with Gasteiger partial charge < -0.3 is 0 Å². The molecule has 0 N–H and O–H groups in total. The predicted octanol–water partition coefficient (Wildman–Crippen LogP) is 12.8. The summed E-state index contributed by atoms with van der Waals surface area (Å²) in [5.41, 5.74) is 10.3. The second-order valence-corrected chi connectivity index (χ2v) is 13.2. The Morgan fingerprint density at radius 2 is 0.788 bits per heavy atom. The fourth-order valence-electron chi connectivity index (χ4n) is 7.54. The van der Waals surface area contributed by atoms with Crippen LogP contribution in [0.1, 0.15) is 0 Å². The summed E-state index contributed by atoms with van der Waals surface area (Å²) in [5.74, 6) is 0.675. The third kappa shape index (κ3) is 5.19. The Hall–Kier alpha value is -6.97. The molecule has 0 radical (unpaired) electrons. The van der Waals surface area contributed by atoms with Crippen molar-refractivity contribution in [2.24, 2.45) is 0 Å². The average Bonchev–Trinajstić information content (AvgIpc) is 3.23. The maximum absolute atomic E-state index is 5.15. The molecule has 10 rings (SSSR count). The minimum absolute atomic E-state index is 0.675. The third-order valence-electron chi connectivity index (χ3n) is 10.1. The van der Waals surface area contributed by atoms with Crippen LogP contribution >= 0.6 is 0 Å². The number of benzene rings is 8. The first-order chi connectivity index (χ1) is 25.8. The number of nitrogens with zero attached hydrogens (tertiary/aromatic N) is 3. The molecular formula is C49H31N3. The molecule has 0 spiro atoms. The molecule has 0 fully saturated rings. The molecule has 0 bridgehead atoms. The van der Waals surface area contributed by atoms with Gasteiger partial charge in [-0.1, -0.05) is 152 Å². The minimum Gasteiger partial charge on any atom is -0.254 e. The van der Waals surface area contributed by atoms with Gasteiger partial charge in [0.2, 0.25) is 0 Å². The number of hydrogen-bond donors (Lipinski definition) is 0. The van der Waals surface area contributed by atoms with Gasteiger partial charge in [0.25, 0.3) is 0 Å². The van der Waals surface area contributed by atoms with Crippen molar-refractivity contribution in [3.05, 3.63) is 188 Å². The van der Waals surface area contributed by atoms with Crippen molar-refractivity contribution < 1.29 is 0 Å². The van der Waals surface area contributed by atoms with Crippen molar-refractivity contribution >= 4 is 43.2 Å². The Kier molecular flexibility index (Phi) is 7.14. The number of pyridine rings is 1. The van der Waals surface area contributed by atoms with Gasteiger partial charge in [-0.05, 0) is 90.5 Å². The summed E-state index contributed by atoms with van der Waals surface area (Å²) < 4.78 is 0. The van der Waals surface area contributed by atoms with Gasteiger partial charge in [0, 0.05) is 22.7 Å². The van der Waals surface area contributed by atoms with Crippen molar-refractivity contribution in [1.82, 2.24) is 15.0 Å². The molecule has 2 heterocycles. The normalized spacial score (nSPS) is 11.5. The van der Waals surface area contributed by atoms with E-state index >= 15 is 0 Å². The summed E-state index contributed by atoms with van der Waals surface area (Å²) >= 11 is 0. The standard InChI is InChI=1S/C49H31N3/c1-2-12-32(13-3-1)38-25-27-47(50-31-38)48-44-22-8-9-23-46(44)51-49(52-48)37-17-11-16-35(29-37)33-14-10-15-34(28-33)36-24-26-43-41-20-5-4-18-39(41)40-19-6-7-21-42(40)45(43)30-36/h1-31H. The van der Waals surface area contributed by atoms with E-state index in [1.54, 1.807) is 0 Å². The van der Waals surface area contributed by atoms with Crippen LogP contribution in [0.3, 0.4) is 0 Å². The molecule has 0 saturated heterocycles. The second kappa shape index (κ2) is 12.4. The summed E-state index contributed by atoms with van der Waals surface area (Å²) in [4.78, 5) is 15.1. The van der Waals surface area contributed by atoms with Crippen LogP contribution in [0.2, 0.25) is 0 Å². The van der Waals surface area contributed by atoms with E-state index in [1.807, 2.05) is 42.6 Å². The summed E-state index contributed by atoms with van der Waals surface area (Å²) in [7, 11) is 0. The maximum atomic E-state index is 5.15. The second-order valence-electron chi connectivity index (χ2n) is 13.2. The first-order valence-electron chi connectivity index (χ1n) is 17.6. The van der Waals surface area contributed by atoms with Crippen LogP contribution < -0.4 is 0 Å². The molecule has 10 aromatic rings. The van der Waals surface area contributed by atoms with Crippen LogP contribution in [0.15, 0.2) is 188 Å². The number of rotatable bonds is 5. The summed E-state index contributed by atoms with van der Waals surface area (Å²) in [6, 6.07) is 64.4. The molecule has 3 nitrogen and oxygen atoms in total. The lowest BCUT2D eigenvalue weighted by molar-refractivity contribution is 1.20. The third-order valence-corrected chi connectivity index (χ3v) is 10.1. The van der Waals surface area contributed by atoms with Crippen LogP contribution in [0.25, 0.3) is 99.4 Å². The molecule has 3 heteroatoms. The zero-order chi connectivity index (χ0) is 34.4. The fraction of sp³-hybridized carbons (Fsp3) is 0. The largest absolute Gasteiger partial charge is 0.254 e. The van der Waals surface area contributed by atoms with Crippen LogP contribution in [0, 0.1) is 0 Å². The maximum Gasteiger partial charge on any atom is 0.160 e. The molecule has 0 aliphatic carbocycles. The van der Waals surface area contributed by atoms with Gasteiger partial charge in [0.1, 0.15) is 5.69 Å². The molecule has 0 unspecified atom stereocenters. The van der Waals surface area contributed by atoms with Crippen molar-refractivity contribution in [3.63, 3.8) is 0 Å². The summed E-state index contributed by atoms with van der Waals surface area (Å²) in [6.07, 6.45) is 1.93. The molecule has 2 aromatic heterocycles. The van der Waals surface area contributed by atoms with E-state index in [0.29, 0.717) is 5.82 Å². The first kappa shape index (κ1) is 29.9. The quantitative estimate of drug-likeness (QED) is 0.172. The van der Waals surface area contributed by atoms with E-state index in [4.69, 9.17) is 15.0 Å². The molecule has 0 amide bonds. The summed E-state index contributed by atoms with van der Waals surface area (Å²) in [6.45, 7) is 0. The summed E-state index contributed by atoms with van der Waals surface area (Å²) in [5, 5.41) is 8.66. The van der Waals surface area contributed by atoms with Crippen LogP contribution in [0.4, 0.5) is 0 Å². The molecule has 0 saturated carbocycles. The Morgan fingerprint density at radius 1 is 0.288 bits per heavy atom. The highest BCUT2D eigenvalue weighted by Crippen LogP contribution is 2.38. The van der Waals surface area contributed by atoms with Crippen molar-refractivity contribution in [1.29, 1.82) is 0 Å². The van der Waals surface area contributed by atoms with Crippen molar-refractivity contribution in [2.75, 3.05) is 0 Å². The molecular weight excluding hydrogens is 631 g/mol. The molecule has 8 aromatic carbocycles. The monoisotopic (exact) mass is 661 g/mol. The SMILES string of the molecule is c1ccc(-c2ccc(-c3nc(-c4cccc(-c5cccc(-c6ccc7c8ccccc8c8ccccc8c7c6)c5)c4)nc4ccccc34)nc2)cc1. The Labute approximate surface area is 301 Å².